The molecule has 0 aliphatic carbocycles. The Bertz CT molecular complexity index is 512. The van der Waals surface area contributed by atoms with Gasteiger partial charge in [-0.15, -0.1) is 0 Å². The van der Waals surface area contributed by atoms with Crippen molar-refractivity contribution in [3.05, 3.63) is 0 Å². The number of esters is 2. The predicted molar refractivity (Wildman–Crippen MR) is 75.8 cm³/mol. The Kier molecular flexibility index (Phi) is 4.07. The molecule has 3 unspecified atom stereocenters. The van der Waals surface area contributed by atoms with Crippen molar-refractivity contribution in [2.24, 2.45) is 0 Å². The first-order valence-electron chi connectivity index (χ1n) is 6.74. The monoisotopic (exact) mass is 324 g/mol. The number of cyclic esters (lactones) is 2. The van der Waals surface area contributed by atoms with Gasteiger partial charge in [-0.3, -0.25) is 13.8 Å². The highest BCUT2D eigenvalue weighted by Crippen LogP contribution is 2.44. The van der Waals surface area contributed by atoms with Crippen molar-refractivity contribution in [3.63, 3.8) is 0 Å². The van der Waals surface area contributed by atoms with Gasteiger partial charge in [-0.2, -0.15) is 0 Å². The van der Waals surface area contributed by atoms with Crippen LogP contribution in [-0.2, 0) is 37.0 Å². The maximum absolute atomic E-state index is 13.6. The average molecular weight is 324 g/mol. The van der Waals surface area contributed by atoms with Crippen molar-refractivity contribution in [1.29, 1.82) is 0 Å². The van der Waals surface area contributed by atoms with Gasteiger partial charge in [0.25, 0.3) is 0 Å². The quantitative estimate of drug-likeness (QED) is 0.500. The van der Waals surface area contributed by atoms with Gasteiger partial charge in [0.15, 0.2) is 5.44 Å². The van der Waals surface area contributed by atoms with E-state index in [9.17, 15) is 18.0 Å². The fraction of sp³-hybridized carbons (Fsp3) is 0.833. The standard InChI is InChI=1S/C12H20O6S2/c1-3-19(15)20(16,4-2,12-8-11(14)18-12)6-5-9-7-10(13)17-9/h9,12H,3-8H2,1-2H3. The number of hydrogen-bond acceptors (Lipinski definition) is 6. The molecule has 20 heavy (non-hydrogen) atoms. The Morgan fingerprint density at radius 2 is 1.75 bits per heavy atom. The Morgan fingerprint density at radius 1 is 1.20 bits per heavy atom. The summed E-state index contributed by atoms with van der Waals surface area (Å²) in [7, 11) is -5.16. The summed E-state index contributed by atoms with van der Waals surface area (Å²) < 4.78 is 36.0. The summed E-state index contributed by atoms with van der Waals surface area (Å²) in [6, 6.07) is 0. The largest absolute Gasteiger partial charge is 0.462 e. The molecule has 0 amide bonds. The number of ether oxygens (including phenoxy) is 2. The predicted octanol–water partition coefficient (Wildman–Crippen LogP) is 0.489. The summed E-state index contributed by atoms with van der Waals surface area (Å²) in [4.78, 5) is 21.9. The molecule has 2 aliphatic rings. The van der Waals surface area contributed by atoms with Crippen molar-refractivity contribution in [2.45, 2.75) is 44.6 Å². The molecule has 0 bridgehead atoms. The van der Waals surface area contributed by atoms with Crippen LogP contribution in [0.25, 0.3) is 0 Å². The molecule has 0 radical (unpaired) electrons. The van der Waals surface area contributed by atoms with Crippen LogP contribution in [0.5, 0.6) is 0 Å². The Hall–Kier alpha value is -0.760. The lowest BCUT2D eigenvalue weighted by molar-refractivity contribution is -0.169. The topological polar surface area (TPSA) is 86.7 Å². The molecular weight excluding hydrogens is 304 g/mol. The summed E-state index contributed by atoms with van der Waals surface area (Å²) in [6.45, 7) is 3.44. The van der Waals surface area contributed by atoms with E-state index in [4.69, 9.17) is 9.47 Å². The molecular formula is C12H20O6S2. The number of carbonyl (C=O) groups is 2. The van der Waals surface area contributed by atoms with Crippen LogP contribution in [-0.4, -0.2) is 49.2 Å². The fourth-order valence-corrected chi connectivity index (χ4v) is 10.7. The maximum atomic E-state index is 13.6. The van der Waals surface area contributed by atoms with E-state index in [2.05, 4.69) is 0 Å². The summed E-state index contributed by atoms with van der Waals surface area (Å²) in [5.74, 6) is 0.00471. The molecule has 116 valence electrons. The molecule has 3 atom stereocenters. The van der Waals surface area contributed by atoms with Crippen LogP contribution in [0.2, 0.25) is 0 Å². The van der Waals surface area contributed by atoms with Crippen LogP contribution >= 0.6 is 0 Å². The Labute approximate surface area is 119 Å². The van der Waals surface area contributed by atoms with Gasteiger partial charge in [-0.1, -0.05) is 13.8 Å². The van der Waals surface area contributed by atoms with Crippen molar-refractivity contribution in [3.8, 4) is 0 Å². The number of hydrogen-bond donors (Lipinski definition) is 0. The van der Waals surface area contributed by atoms with Crippen LogP contribution in [0.1, 0.15) is 33.1 Å². The van der Waals surface area contributed by atoms with E-state index in [0.29, 0.717) is 12.8 Å². The van der Waals surface area contributed by atoms with Gasteiger partial charge in [0, 0.05) is 25.4 Å². The summed E-state index contributed by atoms with van der Waals surface area (Å²) in [5, 5.41) is 0. The van der Waals surface area contributed by atoms with Gasteiger partial charge >= 0.3 is 11.9 Å². The van der Waals surface area contributed by atoms with Crippen molar-refractivity contribution >= 4 is 29.9 Å². The molecule has 2 aliphatic heterocycles. The van der Waals surface area contributed by atoms with Crippen LogP contribution < -0.4 is 0 Å². The van der Waals surface area contributed by atoms with Crippen molar-refractivity contribution < 1.29 is 27.5 Å². The van der Waals surface area contributed by atoms with Crippen molar-refractivity contribution in [2.75, 3.05) is 17.3 Å². The minimum Gasteiger partial charge on any atom is -0.462 e. The maximum Gasteiger partial charge on any atom is 0.311 e. The first-order chi connectivity index (χ1) is 9.32. The second kappa shape index (κ2) is 5.22. The lowest BCUT2D eigenvalue weighted by atomic mass is 10.1. The summed E-state index contributed by atoms with van der Waals surface area (Å²) in [6.07, 6.45) is 0.541. The molecule has 8 heteroatoms. The third-order valence-electron chi connectivity index (χ3n) is 4.03. The van der Waals surface area contributed by atoms with Gasteiger partial charge in [-0.05, 0) is 6.42 Å². The highest BCUT2D eigenvalue weighted by atomic mass is 33.2. The van der Waals surface area contributed by atoms with Gasteiger partial charge in [0.1, 0.15) is 6.10 Å². The lowest BCUT2D eigenvalue weighted by Gasteiger charge is -2.49. The zero-order valence-corrected chi connectivity index (χ0v) is 13.3. The van der Waals surface area contributed by atoms with Gasteiger partial charge in [0.2, 0.25) is 0 Å². The summed E-state index contributed by atoms with van der Waals surface area (Å²) >= 11 is 0. The molecule has 0 N–H and O–H groups in total. The fourth-order valence-electron chi connectivity index (χ4n) is 2.56. The molecule has 2 rings (SSSR count). The molecule has 6 nitrogen and oxygen atoms in total. The van der Waals surface area contributed by atoms with Crippen LogP contribution in [0.3, 0.4) is 0 Å². The second-order valence-corrected chi connectivity index (χ2v) is 13.8. The first-order valence-corrected chi connectivity index (χ1v) is 10.9. The van der Waals surface area contributed by atoms with E-state index in [1.165, 1.54) is 0 Å². The molecule has 2 heterocycles. The van der Waals surface area contributed by atoms with E-state index in [0.717, 1.165) is 0 Å². The highest BCUT2D eigenvalue weighted by molar-refractivity contribution is 8.79. The molecule has 0 aromatic rings. The number of carbonyl (C=O) groups excluding carboxylic acids is 2. The van der Waals surface area contributed by atoms with Gasteiger partial charge < -0.3 is 9.47 Å². The average Bonchev–Trinajstić information content (AvgIpc) is 2.38. The molecule has 2 fully saturated rings. The lowest BCUT2D eigenvalue weighted by Crippen LogP contribution is -2.60. The first kappa shape index (κ1) is 15.6. The molecule has 0 aromatic carbocycles. The van der Waals surface area contributed by atoms with Gasteiger partial charge in [0.05, 0.1) is 22.7 Å². The molecule has 0 spiro atoms. The molecule has 2 saturated heterocycles. The van der Waals surface area contributed by atoms with E-state index in [1.807, 2.05) is 0 Å². The van der Waals surface area contributed by atoms with E-state index >= 15 is 0 Å². The third-order valence-corrected chi connectivity index (χ3v) is 14.4. The second-order valence-electron chi connectivity index (χ2n) is 5.08. The third kappa shape index (κ3) is 2.32. The Balaban J connectivity index is 2.18. The SMILES string of the molecule is CCS(=O)S(=O)(CC)(CCC1CC(=O)O1)C1CC(=O)O1. The molecule has 0 aromatic heterocycles. The van der Waals surface area contributed by atoms with E-state index < -0.39 is 29.3 Å². The van der Waals surface area contributed by atoms with E-state index in [-0.39, 0.29) is 35.8 Å². The van der Waals surface area contributed by atoms with E-state index in [1.54, 1.807) is 13.8 Å². The number of rotatable bonds is 7. The van der Waals surface area contributed by atoms with Crippen molar-refractivity contribution in [1.82, 2.24) is 0 Å². The normalized spacial score (nSPS) is 29.2. The highest BCUT2D eigenvalue weighted by Gasteiger charge is 2.55. The van der Waals surface area contributed by atoms with Gasteiger partial charge in [-0.25, -0.2) is 4.21 Å². The van der Waals surface area contributed by atoms with Crippen LogP contribution in [0.4, 0.5) is 0 Å². The minimum atomic E-state index is -3.61. The zero-order valence-electron chi connectivity index (χ0n) is 11.7. The summed E-state index contributed by atoms with van der Waals surface area (Å²) in [5.41, 5.74) is -0.749. The van der Waals surface area contributed by atoms with Crippen LogP contribution in [0.15, 0.2) is 0 Å². The zero-order chi connectivity index (χ0) is 15.0. The minimum absolute atomic E-state index is 0.0649. The molecule has 0 saturated carbocycles. The Morgan fingerprint density at radius 3 is 2.15 bits per heavy atom. The van der Waals surface area contributed by atoms with Crippen LogP contribution in [0, 0.1) is 0 Å². The smallest absolute Gasteiger partial charge is 0.311 e.